The third-order valence-corrected chi connectivity index (χ3v) is 3.96. The highest BCUT2D eigenvalue weighted by Gasteiger charge is 2.12. The second-order valence-electron chi connectivity index (χ2n) is 4.36. The standard InChI is InChI=1S/C13H18N2O4S/c1-2-8-20(16,17)19-12-5-3-4-11(9-12)18-10-13-14-6-7-15-13/h3-5,9H,2,6-8,10H2,1H3,(H,14,15). The van der Waals surface area contributed by atoms with E-state index in [1.165, 1.54) is 0 Å². The van der Waals surface area contributed by atoms with E-state index in [2.05, 4.69) is 10.3 Å². The van der Waals surface area contributed by atoms with Crippen molar-refractivity contribution in [3.8, 4) is 11.5 Å². The minimum Gasteiger partial charge on any atom is -0.486 e. The van der Waals surface area contributed by atoms with Gasteiger partial charge in [-0.25, -0.2) is 0 Å². The lowest BCUT2D eigenvalue weighted by molar-refractivity contribution is 0.371. The molecule has 1 aliphatic rings. The molecule has 1 aliphatic heterocycles. The SMILES string of the molecule is CCCS(=O)(=O)Oc1cccc(OCC2=NCCN2)c1. The molecule has 0 saturated heterocycles. The average Bonchev–Trinajstić information content (AvgIpc) is 2.89. The number of hydrogen-bond donors (Lipinski definition) is 1. The molecule has 1 aromatic carbocycles. The molecule has 0 spiro atoms. The quantitative estimate of drug-likeness (QED) is 0.765. The van der Waals surface area contributed by atoms with Crippen LogP contribution in [0.5, 0.6) is 11.5 Å². The normalized spacial score (nSPS) is 14.6. The molecule has 110 valence electrons. The van der Waals surface area contributed by atoms with Crippen molar-refractivity contribution in [1.29, 1.82) is 0 Å². The van der Waals surface area contributed by atoms with Gasteiger partial charge in [0.15, 0.2) is 0 Å². The van der Waals surface area contributed by atoms with Crippen molar-refractivity contribution in [2.75, 3.05) is 25.4 Å². The molecule has 0 radical (unpaired) electrons. The van der Waals surface area contributed by atoms with Crippen molar-refractivity contribution >= 4 is 16.0 Å². The summed E-state index contributed by atoms with van der Waals surface area (Å²) in [5, 5.41) is 3.09. The highest BCUT2D eigenvalue weighted by molar-refractivity contribution is 7.87. The predicted octanol–water partition coefficient (Wildman–Crippen LogP) is 1.19. The molecule has 0 bridgehead atoms. The van der Waals surface area contributed by atoms with Gasteiger partial charge < -0.3 is 14.2 Å². The first-order chi connectivity index (χ1) is 9.59. The summed E-state index contributed by atoms with van der Waals surface area (Å²) < 4.78 is 33.7. The minimum absolute atomic E-state index is 0.00118. The molecular weight excluding hydrogens is 280 g/mol. The molecule has 0 atom stereocenters. The summed E-state index contributed by atoms with van der Waals surface area (Å²) in [7, 11) is -3.52. The first kappa shape index (κ1) is 14.6. The van der Waals surface area contributed by atoms with Crippen LogP contribution in [0.1, 0.15) is 13.3 Å². The van der Waals surface area contributed by atoms with Crippen molar-refractivity contribution < 1.29 is 17.3 Å². The maximum atomic E-state index is 11.6. The molecule has 1 N–H and O–H groups in total. The summed E-state index contributed by atoms with van der Waals surface area (Å²) in [4.78, 5) is 4.21. The smallest absolute Gasteiger partial charge is 0.309 e. The summed E-state index contributed by atoms with van der Waals surface area (Å²) in [5.74, 6) is 1.61. The molecule has 6 nitrogen and oxygen atoms in total. The molecule has 0 saturated carbocycles. The fourth-order valence-corrected chi connectivity index (χ4v) is 2.73. The zero-order chi connectivity index (χ0) is 14.4. The van der Waals surface area contributed by atoms with Gasteiger partial charge in [0, 0.05) is 12.6 Å². The van der Waals surface area contributed by atoms with E-state index in [1.807, 2.05) is 0 Å². The Kier molecular flexibility index (Phi) is 4.84. The third kappa shape index (κ3) is 4.41. The molecule has 20 heavy (non-hydrogen) atoms. The molecule has 2 rings (SSSR count). The van der Waals surface area contributed by atoms with Gasteiger partial charge in [-0.05, 0) is 18.6 Å². The van der Waals surface area contributed by atoms with E-state index in [1.54, 1.807) is 31.2 Å². The van der Waals surface area contributed by atoms with Crippen LogP contribution in [0.2, 0.25) is 0 Å². The van der Waals surface area contributed by atoms with Crippen LogP contribution < -0.4 is 14.2 Å². The predicted molar refractivity (Wildman–Crippen MR) is 76.9 cm³/mol. The first-order valence-electron chi connectivity index (χ1n) is 6.51. The second kappa shape index (κ2) is 6.60. The van der Waals surface area contributed by atoms with Crippen molar-refractivity contribution in [2.24, 2.45) is 4.99 Å². The fourth-order valence-electron chi connectivity index (χ4n) is 1.75. The summed E-state index contributed by atoms with van der Waals surface area (Å²) in [6.45, 7) is 3.72. The maximum Gasteiger partial charge on any atom is 0.309 e. The van der Waals surface area contributed by atoms with Crippen LogP contribution in [0.25, 0.3) is 0 Å². The van der Waals surface area contributed by atoms with Crippen LogP contribution in [-0.4, -0.2) is 39.7 Å². The van der Waals surface area contributed by atoms with Crippen molar-refractivity contribution in [3.05, 3.63) is 24.3 Å². The number of hydrogen-bond acceptors (Lipinski definition) is 6. The number of rotatable bonds is 7. The zero-order valence-electron chi connectivity index (χ0n) is 11.3. The van der Waals surface area contributed by atoms with E-state index < -0.39 is 10.1 Å². The van der Waals surface area contributed by atoms with E-state index >= 15 is 0 Å². The number of amidine groups is 1. The third-order valence-electron chi connectivity index (χ3n) is 2.60. The lowest BCUT2D eigenvalue weighted by Crippen LogP contribution is -2.24. The van der Waals surface area contributed by atoms with Crippen LogP contribution in [0.3, 0.4) is 0 Å². The Balaban J connectivity index is 1.96. The highest BCUT2D eigenvalue weighted by Crippen LogP contribution is 2.21. The lowest BCUT2D eigenvalue weighted by atomic mass is 10.3. The van der Waals surface area contributed by atoms with E-state index in [0.717, 1.165) is 18.9 Å². The van der Waals surface area contributed by atoms with Crippen molar-refractivity contribution in [1.82, 2.24) is 5.32 Å². The first-order valence-corrected chi connectivity index (χ1v) is 8.09. The molecule has 0 unspecified atom stereocenters. The number of aliphatic imine (C=N–C) groups is 1. The maximum absolute atomic E-state index is 11.6. The molecule has 0 aliphatic carbocycles. The van der Waals surface area contributed by atoms with Gasteiger partial charge in [-0.3, -0.25) is 4.99 Å². The monoisotopic (exact) mass is 298 g/mol. The number of ether oxygens (including phenoxy) is 1. The Labute approximate surface area is 118 Å². The molecule has 0 aromatic heterocycles. The Morgan fingerprint density at radius 1 is 1.35 bits per heavy atom. The van der Waals surface area contributed by atoms with Gasteiger partial charge in [0.1, 0.15) is 23.9 Å². The number of benzene rings is 1. The topological polar surface area (TPSA) is 77.0 Å². The summed E-state index contributed by atoms with van der Waals surface area (Å²) >= 11 is 0. The van der Waals surface area contributed by atoms with Crippen molar-refractivity contribution in [2.45, 2.75) is 13.3 Å². The molecule has 0 fully saturated rings. The van der Waals surface area contributed by atoms with E-state index in [9.17, 15) is 8.42 Å². The van der Waals surface area contributed by atoms with E-state index in [4.69, 9.17) is 8.92 Å². The second-order valence-corrected chi connectivity index (χ2v) is 6.05. The van der Waals surface area contributed by atoms with Gasteiger partial charge in [0.2, 0.25) is 0 Å². The van der Waals surface area contributed by atoms with E-state index in [-0.39, 0.29) is 11.5 Å². The molecular formula is C13H18N2O4S. The Hall–Kier alpha value is -1.76. The van der Waals surface area contributed by atoms with Gasteiger partial charge in [0.25, 0.3) is 0 Å². The molecule has 7 heteroatoms. The van der Waals surface area contributed by atoms with Crippen LogP contribution in [0.15, 0.2) is 29.3 Å². The summed E-state index contributed by atoms with van der Waals surface area (Å²) in [5.41, 5.74) is 0. The molecule has 1 heterocycles. The number of nitrogens with one attached hydrogen (secondary N) is 1. The summed E-state index contributed by atoms with van der Waals surface area (Å²) in [6, 6.07) is 6.58. The van der Waals surface area contributed by atoms with Gasteiger partial charge in [0.05, 0.1) is 12.3 Å². The number of nitrogens with zero attached hydrogens (tertiary/aromatic N) is 1. The minimum atomic E-state index is -3.52. The average molecular weight is 298 g/mol. The van der Waals surface area contributed by atoms with Gasteiger partial charge in [-0.15, -0.1) is 0 Å². The Morgan fingerprint density at radius 3 is 2.85 bits per heavy atom. The van der Waals surface area contributed by atoms with E-state index in [0.29, 0.717) is 18.8 Å². The highest BCUT2D eigenvalue weighted by atomic mass is 32.2. The van der Waals surface area contributed by atoms with Gasteiger partial charge >= 0.3 is 10.1 Å². The molecule has 1 aromatic rings. The van der Waals surface area contributed by atoms with Gasteiger partial charge in [-0.2, -0.15) is 8.42 Å². The fraction of sp³-hybridized carbons (Fsp3) is 0.462. The largest absolute Gasteiger partial charge is 0.486 e. The Bertz CT molecular complexity index is 584. The lowest BCUT2D eigenvalue weighted by Gasteiger charge is -2.09. The van der Waals surface area contributed by atoms with Crippen LogP contribution in [0.4, 0.5) is 0 Å². The van der Waals surface area contributed by atoms with Crippen LogP contribution in [-0.2, 0) is 10.1 Å². The van der Waals surface area contributed by atoms with Gasteiger partial charge in [-0.1, -0.05) is 13.0 Å². The van der Waals surface area contributed by atoms with Crippen molar-refractivity contribution in [3.63, 3.8) is 0 Å². The Morgan fingerprint density at radius 2 is 2.15 bits per heavy atom. The zero-order valence-corrected chi connectivity index (χ0v) is 12.1. The van der Waals surface area contributed by atoms with Crippen LogP contribution in [0, 0.1) is 0 Å². The van der Waals surface area contributed by atoms with Crippen LogP contribution >= 0.6 is 0 Å². The summed E-state index contributed by atoms with van der Waals surface area (Å²) in [6.07, 6.45) is 0.518. The molecule has 0 amide bonds.